The summed E-state index contributed by atoms with van der Waals surface area (Å²) in [7, 11) is 1.41. The minimum atomic E-state index is -4.57. The summed E-state index contributed by atoms with van der Waals surface area (Å²) in [6, 6.07) is 16.5. The van der Waals surface area contributed by atoms with E-state index in [9.17, 15) is 28.1 Å². The number of benzene rings is 2. The molecule has 172 valence electrons. The number of aromatic nitrogens is 1. The van der Waals surface area contributed by atoms with Crippen molar-refractivity contribution in [3.8, 4) is 23.4 Å². The number of fused-ring (bicyclic) bond motifs is 1. The summed E-state index contributed by atoms with van der Waals surface area (Å²) in [5.74, 6) is -2.32. The Balaban J connectivity index is 2.16. The van der Waals surface area contributed by atoms with Gasteiger partial charge in [0.05, 0.1) is 34.8 Å². The molecule has 0 N–H and O–H groups in total. The van der Waals surface area contributed by atoms with Gasteiger partial charge in [-0.05, 0) is 59.0 Å². The van der Waals surface area contributed by atoms with Crippen molar-refractivity contribution in [3.05, 3.63) is 81.8 Å². The summed E-state index contributed by atoms with van der Waals surface area (Å²) in [4.78, 5) is 0.716. The third-order valence-electron chi connectivity index (χ3n) is 5.58. The lowest BCUT2D eigenvalue weighted by atomic mass is 9.83. The van der Waals surface area contributed by atoms with E-state index in [1.807, 2.05) is 17.5 Å². The Morgan fingerprint density at radius 2 is 1.76 bits per heavy atom. The lowest BCUT2D eigenvalue weighted by Crippen LogP contribution is -2.12. The molecule has 4 aromatic rings. The molecule has 0 radical (unpaired) electrons. The largest absolute Gasteiger partial charge is 0.416 e. The molecule has 9 heteroatoms. The second kappa shape index (κ2) is 9.30. The van der Waals surface area contributed by atoms with Gasteiger partial charge in [-0.2, -0.15) is 23.7 Å². The summed E-state index contributed by atoms with van der Waals surface area (Å²) in [5.41, 5.74) is 0.904. The molecule has 0 bridgehead atoms. The fraction of sp³-hybridized carbons (Fsp3) is 0.200. The molecule has 1 atom stereocenters. The Kier molecular flexibility index (Phi) is 6.43. The molecule has 0 amide bonds. The van der Waals surface area contributed by atoms with Crippen LogP contribution in [-0.2, 0) is 17.6 Å². The smallest absolute Gasteiger partial charge is 0.364 e. The van der Waals surface area contributed by atoms with Gasteiger partial charge in [0.25, 0.3) is 0 Å². The molecule has 0 aliphatic carbocycles. The zero-order valence-corrected chi connectivity index (χ0v) is 18.6. The van der Waals surface area contributed by atoms with Gasteiger partial charge >= 0.3 is 6.18 Å². The van der Waals surface area contributed by atoms with Crippen LogP contribution in [0.4, 0.5) is 17.6 Å². The first-order chi connectivity index (χ1) is 16.3. The second-order valence-electron chi connectivity index (χ2n) is 7.57. The van der Waals surface area contributed by atoms with E-state index in [0.29, 0.717) is 27.1 Å². The van der Waals surface area contributed by atoms with E-state index in [4.69, 9.17) is 4.74 Å². The van der Waals surface area contributed by atoms with Crippen molar-refractivity contribution in [3.63, 3.8) is 0 Å². The quantitative estimate of drug-likeness (QED) is 0.280. The molecular formula is C25H17F4N3OS. The van der Waals surface area contributed by atoms with Crippen molar-refractivity contribution in [1.82, 2.24) is 4.57 Å². The van der Waals surface area contributed by atoms with E-state index < -0.39 is 29.4 Å². The number of hydrogen-bond acceptors (Lipinski definition) is 4. The monoisotopic (exact) mass is 483 g/mol. The molecule has 0 aliphatic heterocycles. The summed E-state index contributed by atoms with van der Waals surface area (Å²) in [5, 5.41) is 21.8. The number of rotatable bonds is 6. The Bertz CT molecular complexity index is 1380. The van der Waals surface area contributed by atoms with Crippen molar-refractivity contribution >= 4 is 22.2 Å². The van der Waals surface area contributed by atoms with Crippen LogP contribution in [0.25, 0.3) is 22.2 Å². The van der Waals surface area contributed by atoms with Crippen molar-refractivity contribution in [2.75, 3.05) is 7.11 Å². The van der Waals surface area contributed by atoms with Crippen LogP contribution < -0.4 is 0 Å². The number of thiophene rings is 1. The van der Waals surface area contributed by atoms with Gasteiger partial charge in [-0.25, -0.2) is 4.39 Å². The third kappa shape index (κ3) is 4.16. The highest BCUT2D eigenvalue weighted by Gasteiger charge is 2.35. The van der Waals surface area contributed by atoms with E-state index in [-0.39, 0.29) is 12.2 Å². The van der Waals surface area contributed by atoms with Crippen molar-refractivity contribution < 1.29 is 22.3 Å². The van der Waals surface area contributed by atoms with Crippen molar-refractivity contribution in [2.24, 2.45) is 5.92 Å². The van der Waals surface area contributed by atoms with Gasteiger partial charge in [-0.1, -0.05) is 12.1 Å². The predicted octanol–water partition coefficient (Wildman–Crippen LogP) is 6.93. The molecule has 0 aliphatic rings. The van der Waals surface area contributed by atoms with Crippen LogP contribution in [0.1, 0.15) is 21.9 Å². The minimum Gasteiger partial charge on any atom is -0.364 e. The molecule has 2 aromatic heterocycles. The topological polar surface area (TPSA) is 61.7 Å². The van der Waals surface area contributed by atoms with Gasteiger partial charge in [0.2, 0.25) is 0 Å². The second-order valence-corrected chi connectivity index (χ2v) is 8.55. The molecule has 0 fully saturated rings. The lowest BCUT2D eigenvalue weighted by molar-refractivity contribution is -0.137. The molecule has 2 heterocycles. The standard InChI is InChI=1S/C25H17F4N3OS/c1-33-14-32-20-11-17(25(27,28)29)6-9-19(20)23(24(32)15-4-7-18(26)8-5-15)22(16(12-30)13-31)21-3-2-10-34-21/h2-11,16,22H,14H2,1H3. The van der Waals surface area contributed by atoms with Crippen LogP contribution in [-0.4, -0.2) is 11.7 Å². The highest BCUT2D eigenvalue weighted by atomic mass is 32.1. The fourth-order valence-corrected chi connectivity index (χ4v) is 5.04. The average molecular weight is 483 g/mol. The first-order valence-corrected chi connectivity index (χ1v) is 11.0. The maximum atomic E-state index is 13.7. The van der Waals surface area contributed by atoms with Gasteiger partial charge < -0.3 is 9.30 Å². The first-order valence-electron chi connectivity index (χ1n) is 10.1. The third-order valence-corrected chi connectivity index (χ3v) is 6.53. The Labute approximate surface area is 196 Å². The van der Waals surface area contributed by atoms with E-state index in [2.05, 4.69) is 0 Å². The molecule has 0 saturated heterocycles. The van der Waals surface area contributed by atoms with Crippen LogP contribution in [0.15, 0.2) is 60.0 Å². The number of ether oxygens (including phenoxy) is 1. The Morgan fingerprint density at radius 1 is 1.06 bits per heavy atom. The van der Waals surface area contributed by atoms with Crippen molar-refractivity contribution in [2.45, 2.75) is 18.8 Å². The van der Waals surface area contributed by atoms with Crippen LogP contribution in [0, 0.1) is 34.4 Å². The van der Waals surface area contributed by atoms with Crippen LogP contribution in [0.2, 0.25) is 0 Å². The number of methoxy groups -OCH3 is 1. The maximum Gasteiger partial charge on any atom is 0.416 e. The Hall–Kier alpha value is -3.66. The minimum absolute atomic E-state index is 0.0918. The SMILES string of the molecule is COCn1c(-c2ccc(F)cc2)c(C(c2cccs2)C(C#N)C#N)c2ccc(C(F)(F)F)cc21. The zero-order chi connectivity index (χ0) is 24.5. The normalized spacial score (nSPS) is 12.6. The molecule has 4 rings (SSSR count). The molecule has 2 aromatic carbocycles. The van der Waals surface area contributed by atoms with Crippen LogP contribution >= 0.6 is 11.3 Å². The van der Waals surface area contributed by atoms with Gasteiger partial charge in [0.1, 0.15) is 18.5 Å². The highest BCUT2D eigenvalue weighted by Crippen LogP contribution is 2.46. The first kappa shape index (κ1) is 23.5. The number of nitrogens with zero attached hydrogens (tertiary/aromatic N) is 3. The molecule has 34 heavy (non-hydrogen) atoms. The fourth-order valence-electron chi connectivity index (χ4n) is 4.17. The molecule has 4 nitrogen and oxygen atoms in total. The molecule has 0 spiro atoms. The number of alkyl halides is 3. The molecular weight excluding hydrogens is 466 g/mol. The van der Waals surface area contributed by atoms with Crippen LogP contribution in [0.3, 0.4) is 0 Å². The summed E-state index contributed by atoms with van der Waals surface area (Å²) >= 11 is 1.35. The van der Waals surface area contributed by atoms with Crippen LogP contribution in [0.5, 0.6) is 0 Å². The van der Waals surface area contributed by atoms with Gasteiger partial charge in [-0.3, -0.25) is 0 Å². The van der Waals surface area contributed by atoms with E-state index in [1.54, 1.807) is 16.7 Å². The number of halogens is 4. The average Bonchev–Trinajstić information content (AvgIpc) is 3.44. The zero-order valence-electron chi connectivity index (χ0n) is 17.8. The number of nitriles is 2. The van der Waals surface area contributed by atoms with Gasteiger partial charge in [-0.15, -0.1) is 11.3 Å². The van der Waals surface area contributed by atoms with E-state index >= 15 is 0 Å². The number of hydrogen-bond donors (Lipinski definition) is 0. The summed E-state index contributed by atoms with van der Waals surface area (Å²) in [6.07, 6.45) is -4.57. The van der Waals surface area contributed by atoms with E-state index in [0.717, 1.165) is 12.1 Å². The summed E-state index contributed by atoms with van der Waals surface area (Å²) in [6.45, 7) is -0.0918. The Morgan fingerprint density at radius 3 is 2.32 bits per heavy atom. The van der Waals surface area contributed by atoms with Gasteiger partial charge in [0, 0.05) is 17.4 Å². The van der Waals surface area contributed by atoms with E-state index in [1.165, 1.54) is 48.8 Å². The molecule has 0 saturated carbocycles. The molecule has 1 unspecified atom stereocenters. The summed E-state index contributed by atoms with van der Waals surface area (Å²) < 4.78 is 61.3. The van der Waals surface area contributed by atoms with Gasteiger partial charge in [0.15, 0.2) is 0 Å². The van der Waals surface area contributed by atoms with Crippen molar-refractivity contribution in [1.29, 1.82) is 10.5 Å². The maximum absolute atomic E-state index is 13.7. The predicted molar refractivity (Wildman–Crippen MR) is 120 cm³/mol. The lowest BCUT2D eigenvalue weighted by Gasteiger charge is -2.19. The highest BCUT2D eigenvalue weighted by molar-refractivity contribution is 7.10.